The van der Waals surface area contributed by atoms with Crippen molar-refractivity contribution in [2.24, 2.45) is 7.05 Å². The molecule has 0 aromatic carbocycles. The third-order valence-electron chi connectivity index (χ3n) is 3.82. The van der Waals surface area contributed by atoms with E-state index in [-0.39, 0.29) is 17.2 Å². The monoisotopic (exact) mass is 338 g/mol. The summed E-state index contributed by atoms with van der Waals surface area (Å²) in [6.07, 6.45) is 1.70. The fourth-order valence-corrected chi connectivity index (χ4v) is 2.37. The van der Waals surface area contributed by atoms with Gasteiger partial charge in [-0.2, -0.15) is 5.10 Å². The molecule has 1 unspecified atom stereocenters. The van der Waals surface area contributed by atoms with Gasteiger partial charge in [-0.25, -0.2) is 4.98 Å². The van der Waals surface area contributed by atoms with Crippen LogP contribution in [0, 0.1) is 6.92 Å². The van der Waals surface area contributed by atoms with Crippen molar-refractivity contribution in [1.29, 1.82) is 0 Å². The van der Waals surface area contributed by atoms with Gasteiger partial charge in [-0.1, -0.05) is 6.07 Å². The Morgan fingerprint density at radius 2 is 2.12 bits per heavy atom. The lowest BCUT2D eigenvalue weighted by Crippen LogP contribution is -2.32. The molecule has 0 saturated carbocycles. The number of aryl methyl sites for hydroxylation is 1. The minimum absolute atomic E-state index is 0.243. The highest BCUT2D eigenvalue weighted by molar-refractivity contribution is 5.92. The number of nitrogens with zero attached hydrogens (tertiary/aromatic N) is 4. The number of carbonyl (C=O) groups is 1. The number of nitrogens with one attached hydrogen (secondary N) is 2. The molecule has 1 amide bonds. The summed E-state index contributed by atoms with van der Waals surface area (Å²) < 4.78 is 1.30. The van der Waals surface area contributed by atoms with Crippen LogP contribution in [0.25, 0.3) is 11.5 Å². The maximum Gasteiger partial charge on any atom is 0.268 e. The molecular formula is C17H18N6O2. The van der Waals surface area contributed by atoms with Gasteiger partial charge >= 0.3 is 0 Å². The number of hydrogen-bond acceptors (Lipinski definition) is 5. The fraction of sp³-hybridized carbons (Fsp3) is 0.235. The van der Waals surface area contributed by atoms with Crippen LogP contribution in [0.5, 0.6) is 0 Å². The first-order chi connectivity index (χ1) is 12.0. The Hall–Kier alpha value is -3.29. The van der Waals surface area contributed by atoms with Gasteiger partial charge in [-0.15, -0.1) is 0 Å². The molecule has 128 valence electrons. The lowest BCUT2D eigenvalue weighted by atomic mass is 10.2. The van der Waals surface area contributed by atoms with E-state index < -0.39 is 6.04 Å². The molecule has 8 heteroatoms. The third kappa shape index (κ3) is 3.47. The van der Waals surface area contributed by atoms with Crippen molar-refractivity contribution in [2.75, 3.05) is 0 Å². The highest BCUT2D eigenvalue weighted by Crippen LogP contribution is 2.15. The zero-order valence-corrected chi connectivity index (χ0v) is 14.1. The quantitative estimate of drug-likeness (QED) is 0.747. The van der Waals surface area contributed by atoms with E-state index in [4.69, 9.17) is 0 Å². The molecule has 8 nitrogen and oxygen atoms in total. The summed E-state index contributed by atoms with van der Waals surface area (Å²) in [5.41, 5.74) is 1.75. The lowest BCUT2D eigenvalue weighted by Gasteiger charge is -2.12. The van der Waals surface area contributed by atoms with Gasteiger partial charge in [-0.05, 0) is 37.6 Å². The molecule has 0 radical (unpaired) electrons. The molecule has 2 N–H and O–H groups in total. The predicted molar refractivity (Wildman–Crippen MR) is 91.9 cm³/mol. The van der Waals surface area contributed by atoms with Crippen LogP contribution in [-0.2, 0) is 7.05 Å². The summed E-state index contributed by atoms with van der Waals surface area (Å²) >= 11 is 0. The van der Waals surface area contributed by atoms with Gasteiger partial charge in [0.2, 0.25) is 0 Å². The topological polar surface area (TPSA) is 106 Å². The molecule has 0 aliphatic carbocycles. The molecule has 0 aliphatic heterocycles. The molecule has 25 heavy (non-hydrogen) atoms. The van der Waals surface area contributed by atoms with Gasteiger partial charge < -0.3 is 9.88 Å². The first kappa shape index (κ1) is 16.6. The Balaban J connectivity index is 1.78. The van der Waals surface area contributed by atoms with Crippen LogP contribution in [0.2, 0.25) is 0 Å². The number of carbonyl (C=O) groups excluding carboxylic acids is 1. The molecule has 0 aliphatic rings. The molecule has 3 heterocycles. The minimum atomic E-state index is -0.408. The molecule has 0 bridgehead atoms. The lowest BCUT2D eigenvalue weighted by molar-refractivity contribution is 0.0929. The second-order valence-corrected chi connectivity index (χ2v) is 5.77. The van der Waals surface area contributed by atoms with Gasteiger partial charge in [0, 0.05) is 19.3 Å². The van der Waals surface area contributed by atoms with E-state index in [1.54, 1.807) is 32.3 Å². The summed E-state index contributed by atoms with van der Waals surface area (Å²) in [6.45, 7) is 3.75. The van der Waals surface area contributed by atoms with Gasteiger partial charge in [0.1, 0.15) is 17.2 Å². The number of aromatic amines is 1. The van der Waals surface area contributed by atoms with Crippen molar-refractivity contribution in [3.8, 4) is 11.5 Å². The Labute approximate surface area is 144 Å². The molecule has 1 atom stereocenters. The van der Waals surface area contributed by atoms with Crippen LogP contribution in [-0.4, -0.2) is 30.6 Å². The minimum Gasteiger partial charge on any atom is -0.341 e. The maximum atomic E-state index is 12.4. The predicted octanol–water partition coefficient (Wildman–Crippen LogP) is 1.36. The highest BCUT2D eigenvalue weighted by Gasteiger charge is 2.17. The van der Waals surface area contributed by atoms with Gasteiger partial charge in [0.15, 0.2) is 5.82 Å². The molecule has 3 rings (SSSR count). The van der Waals surface area contributed by atoms with E-state index >= 15 is 0 Å². The van der Waals surface area contributed by atoms with Crippen molar-refractivity contribution in [3.63, 3.8) is 0 Å². The smallest absolute Gasteiger partial charge is 0.268 e. The fourth-order valence-electron chi connectivity index (χ4n) is 2.37. The summed E-state index contributed by atoms with van der Waals surface area (Å²) in [5.74, 6) is 0.610. The number of hydrogen-bond donors (Lipinski definition) is 2. The average Bonchev–Trinajstić information content (AvgIpc) is 3.07. The Morgan fingerprint density at radius 3 is 2.88 bits per heavy atom. The summed E-state index contributed by atoms with van der Waals surface area (Å²) in [6, 6.07) is 7.91. The molecular weight excluding hydrogens is 320 g/mol. The number of aromatic nitrogens is 5. The molecule has 3 aromatic rings. The van der Waals surface area contributed by atoms with E-state index in [2.05, 4.69) is 25.5 Å². The van der Waals surface area contributed by atoms with Crippen molar-refractivity contribution < 1.29 is 4.79 Å². The molecule has 0 spiro atoms. The van der Waals surface area contributed by atoms with Crippen LogP contribution in [0.1, 0.15) is 34.8 Å². The van der Waals surface area contributed by atoms with E-state index in [1.807, 2.05) is 19.1 Å². The maximum absolute atomic E-state index is 12.4. The van der Waals surface area contributed by atoms with E-state index in [1.165, 1.54) is 10.6 Å². The first-order valence-corrected chi connectivity index (χ1v) is 7.78. The van der Waals surface area contributed by atoms with Gasteiger partial charge in [-0.3, -0.25) is 19.7 Å². The Kier molecular flexibility index (Phi) is 4.42. The van der Waals surface area contributed by atoms with Gasteiger partial charge in [0.05, 0.1) is 6.04 Å². The van der Waals surface area contributed by atoms with Crippen LogP contribution < -0.4 is 10.9 Å². The summed E-state index contributed by atoms with van der Waals surface area (Å²) in [7, 11) is 1.55. The van der Waals surface area contributed by atoms with Crippen molar-refractivity contribution in [3.05, 3.63) is 64.0 Å². The second-order valence-electron chi connectivity index (χ2n) is 5.77. The number of amides is 1. The van der Waals surface area contributed by atoms with E-state index in [0.717, 1.165) is 5.56 Å². The highest BCUT2D eigenvalue weighted by atomic mass is 16.2. The summed E-state index contributed by atoms with van der Waals surface area (Å²) in [5, 5.41) is 9.78. The first-order valence-electron chi connectivity index (χ1n) is 7.78. The SMILES string of the molecule is Cc1ccnc(-c2n[nH]c(C(C)NC(=O)c3cccc(=O)n3C)n2)c1. The molecule has 0 saturated heterocycles. The Bertz CT molecular complexity index is 975. The standard InChI is InChI=1S/C17H18N6O2/c1-10-7-8-18-12(9-10)16-20-15(21-22-16)11(2)19-17(25)13-5-4-6-14(24)23(13)3/h4-9,11H,1-3H3,(H,19,25)(H,20,21,22). The zero-order chi connectivity index (χ0) is 18.0. The van der Waals surface area contributed by atoms with E-state index in [9.17, 15) is 9.59 Å². The molecule has 3 aromatic heterocycles. The van der Waals surface area contributed by atoms with Crippen LogP contribution in [0.15, 0.2) is 41.3 Å². The summed E-state index contributed by atoms with van der Waals surface area (Å²) in [4.78, 5) is 32.7. The van der Waals surface area contributed by atoms with Crippen molar-refractivity contribution in [1.82, 2.24) is 30.0 Å². The normalized spacial score (nSPS) is 12.0. The van der Waals surface area contributed by atoms with Crippen molar-refractivity contribution in [2.45, 2.75) is 19.9 Å². The number of rotatable bonds is 4. The van der Waals surface area contributed by atoms with Crippen molar-refractivity contribution >= 4 is 5.91 Å². The second kappa shape index (κ2) is 6.68. The van der Waals surface area contributed by atoms with Crippen LogP contribution in [0.3, 0.4) is 0 Å². The van der Waals surface area contributed by atoms with Crippen LogP contribution in [0.4, 0.5) is 0 Å². The number of pyridine rings is 2. The molecule has 0 fully saturated rings. The number of H-pyrrole nitrogens is 1. The zero-order valence-electron chi connectivity index (χ0n) is 14.1. The van der Waals surface area contributed by atoms with E-state index in [0.29, 0.717) is 17.3 Å². The van der Waals surface area contributed by atoms with Crippen LogP contribution >= 0.6 is 0 Å². The largest absolute Gasteiger partial charge is 0.341 e. The van der Waals surface area contributed by atoms with Gasteiger partial charge in [0.25, 0.3) is 11.5 Å². The Morgan fingerprint density at radius 1 is 1.32 bits per heavy atom. The average molecular weight is 338 g/mol. The third-order valence-corrected chi connectivity index (χ3v) is 3.82.